The number of hydrogen-bond donors (Lipinski definition) is 1. The van der Waals surface area contributed by atoms with E-state index in [1.54, 1.807) is 13.8 Å². The molecule has 2 aromatic carbocycles. The molecule has 1 amide bonds. The molecule has 2 aromatic rings. The van der Waals surface area contributed by atoms with Crippen LogP contribution in [-0.2, 0) is 20.0 Å². The molecular formula is C23H32N4O6S2. The van der Waals surface area contributed by atoms with Crippen molar-refractivity contribution in [3.8, 4) is 5.75 Å². The molecule has 1 N–H and O–H groups in total. The zero-order chi connectivity index (χ0) is 25.8. The molecule has 1 fully saturated rings. The molecule has 10 nitrogen and oxygen atoms in total. The fourth-order valence-electron chi connectivity index (χ4n) is 3.81. The predicted octanol–water partition coefficient (Wildman–Crippen LogP) is 1.91. The van der Waals surface area contributed by atoms with Crippen LogP contribution >= 0.6 is 0 Å². The Balaban J connectivity index is 1.80. The van der Waals surface area contributed by atoms with E-state index in [0.29, 0.717) is 31.9 Å². The Bertz CT molecular complexity index is 1250. The Labute approximate surface area is 207 Å². The van der Waals surface area contributed by atoms with Crippen molar-refractivity contribution in [2.75, 3.05) is 58.7 Å². The highest BCUT2D eigenvalue weighted by Gasteiger charge is 2.28. The summed E-state index contributed by atoms with van der Waals surface area (Å²) >= 11 is 0. The van der Waals surface area contributed by atoms with Gasteiger partial charge in [0.05, 0.1) is 12.0 Å². The van der Waals surface area contributed by atoms with Crippen molar-refractivity contribution in [2.24, 2.45) is 0 Å². The number of carbonyl (C=O) groups is 1. The lowest BCUT2D eigenvalue weighted by Gasteiger charge is -2.31. The van der Waals surface area contributed by atoms with E-state index in [-0.39, 0.29) is 34.2 Å². The first-order chi connectivity index (χ1) is 16.5. The van der Waals surface area contributed by atoms with Gasteiger partial charge in [0.1, 0.15) is 10.6 Å². The van der Waals surface area contributed by atoms with Crippen LogP contribution in [0.3, 0.4) is 0 Å². The molecule has 35 heavy (non-hydrogen) atoms. The molecular weight excluding hydrogens is 492 g/mol. The number of nitrogens with one attached hydrogen (secondary N) is 1. The van der Waals surface area contributed by atoms with Crippen LogP contribution in [0.1, 0.15) is 24.2 Å². The molecule has 192 valence electrons. The van der Waals surface area contributed by atoms with E-state index in [2.05, 4.69) is 10.2 Å². The van der Waals surface area contributed by atoms with E-state index in [4.69, 9.17) is 4.74 Å². The van der Waals surface area contributed by atoms with Crippen LogP contribution in [0.2, 0.25) is 0 Å². The second-order valence-electron chi connectivity index (χ2n) is 8.14. The van der Waals surface area contributed by atoms with Crippen LogP contribution in [0.5, 0.6) is 5.75 Å². The van der Waals surface area contributed by atoms with Crippen LogP contribution in [0, 0.1) is 0 Å². The van der Waals surface area contributed by atoms with Gasteiger partial charge in [0.15, 0.2) is 0 Å². The van der Waals surface area contributed by atoms with E-state index in [1.807, 2.05) is 7.05 Å². The average molecular weight is 525 g/mol. The zero-order valence-electron chi connectivity index (χ0n) is 20.4. The van der Waals surface area contributed by atoms with Gasteiger partial charge in [-0.3, -0.25) is 4.79 Å². The summed E-state index contributed by atoms with van der Waals surface area (Å²) in [5.41, 5.74) is 0.516. The molecule has 0 aromatic heterocycles. The number of ether oxygens (including phenoxy) is 1. The number of carbonyl (C=O) groups excluding carboxylic acids is 1. The maximum atomic E-state index is 13.0. The fourth-order valence-corrected chi connectivity index (χ4v) is 6.87. The van der Waals surface area contributed by atoms with Crippen LogP contribution in [0.25, 0.3) is 0 Å². The number of benzene rings is 2. The average Bonchev–Trinajstić information content (AvgIpc) is 2.84. The van der Waals surface area contributed by atoms with Gasteiger partial charge in [-0.25, -0.2) is 16.8 Å². The number of amides is 1. The second-order valence-corrected chi connectivity index (χ2v) is 12.0. The van der Waals surface area contributed by atoms with Crippen LogP contribution < -0.4 is 10.1 Å². The van der Waals surface area contributed by atoms with E-state index in [1.165, 1.54) is 58.2 Å². The molecule has 0 unspecified atom stereocenters. The van der Waals surface area contributed by atoms with Crippen molar-refractivity contribution in [3.63, 3.8) is 0 Å². The van der Waals surface area contributed by atoms with Crippen molar-refractivity contribution >= 4 is 31.6 Å². The quantitative estimate of drug-likeness (QED) is 0.533. The molecule has 0 radical (unpaired) electrons. The largest absolute Gasteiger partial charge is 0.495 e. The smallest absolute Gasteiger partial charge is 0.255 e. The van der Waals surface area contributed by atoms with Gasteiger partial charge < -0.3 is 15.0 Å². The summed E-state index contributed by atoms with van der Waals surface area (Å²) in [6.45, 7) is 6.21. The van der Waals surface area contributed by atoms with Crippen molar-refractivity contribution in [1.29, 1.82) is 0 Å². The van der Waals surface area contributed by atoms with E-state index >= 15 is 0 Å². The lowest BCUT2D eigenvalue weighted by Crippen LogP contribution is -2.46. The number of sulfonamides is 2. The lowest BCUT2D eigenvalue weighted by atomic mass is 10.2. The molecule has 0 aliphatic carbocycles. The number of piperazine rings is 1. The Morgan fingerprint density at radius 1 is 0.971 bits per heavy atom. The molecule has 0 bridgehead atoms. The monoisotopic (exact) mass is 524 g/mol. The minimum Gasteiger partial charge on any atom is -0.495 e. The van der Waals surface area contributed by atoms with E-state index < -0.39 is 26.0 Å². The predicted molar refractivity (Wildman–Crippen MR) is 134 cm³/mol. The van der Waals surface area contributed by atoms with E-state index in [9.17, 15) is 21.6 Å². The highest BCUT2D eigenvalue weighted by molar-refractivity contribution is 7.89. The number of hydrogen-bond acceptors (Lipinski definition) is 7. The third-order valence-corrected chi connectivity index (χ3v) is 9.95. The van der Waals surface area contributed by atoms with Gasteiger partial charge >= 0.3 is 0 Å². The third kappa shape index (κ3) is 5.84. The molecule has 1 heterocycles. The minimum absolute atomic E-state index is 0.0926. The summed E-state index contributed by atoms with van der Waals surface area (Å²) in [4.78, 5) is 15.0. The number of anilines is 1. The summed E-state index contributed by atoms with van der Waals surface area (Å²) in [6, 6.07) is 10.1. The highest BCUT2D eigenvalue weighted by Crippen LogP contribution is 2.28. The van der Waals surface area contributed by atoms with Gasteiger partial charge in [-0.2, -0.15) is 8.61 Å². The molecule has 0 spiro atoms. The van der Waals surface area contributed by atoms with Crippen LogP contribution in [0.4, 0.5) is 5.69 Å². The molecule has 1 saturated heterocycles. The maximum Gasteiger partial charge on any atom is 0.255 e. The Hall–Kier alpha value is -2.51. The first kappa shape index (κ1) is 27.1. The zero-order valence-corrected chi connectivity index (χ0v) is 22.0. The van der Waals surface area contributed by atoms with Gasteiger partial charge in [0, 0.05) is 50.5 Å². The third-order valence-electron chi connectivity index (χ3n) is 5.96. The first-order valence-corrected chi connectivity index (χ1v) is 14.2. The minimum atomic E-state index is -3.86. The molecule has 0 saturated carbocycles. The first-order valence-electron chi connectivity index (χ1n) is 11.3. The molecule has 12 heteroatoms. The number of rotatable bonds is 9. The molecule has 3 rings (SSSR count). The summed E-state index contributed by atoms with van der Waals surface area (Å²) in [6.07, 6.45) is 0. The number of methoxy groups -OCH3 is 1. The normalized spacial score (nSPS) is 15.8. The van der Waals surface area contributed by atoms with Gasteiger partial charge in [-0.15, -0.1) is 0 Å². The summed E-state index contributed by atoms with van der Waals surface area (Å²) in [5.74, 6) is -0.384. The fraction of sp³-hybridized carbons (Fsp3) is 0.435. The lowest BCUT2D eigenvalue weighted by molar-refractivity contribution is 0.102. The maximum absolute atomic E-state index is 13.0. The SMILES string of the molecule is CCN(CC)S(=O)(=O)c1cc(C(=O)Nc2ccc(S(=O)(=O)N3CCN(C)CC3)cc2)ccc1OC. The van der Waals surface area contributed by atoms with E-state index in [0.717, 1.165) is 0 Å². The molecule has 1 aliphatic rings. The Morgan fingerprint density at radius 2 is 1.57 bits per heavy atom. The van der Waals surface area contributed by atoms with Gasteiger partial charge in [-0.05, 0) is 49.5 Å². The second kappa shape index (κ2) is 11.0. The van der Waals surface area contributed by atoms with Crippen LogP contribution in [-0.4, -0.2) is 89.7 Å². The Morgan fingerprint density at radius 3 is 2.11 bits per heavy atom. The van der Waals surface area contributed by atoms with Gasteiger partial charge in [-0.1, -0.05) is 13.8 Å². The van der Waals surface area contributed by atoms with Crippen molar-refractivity contribution in [2.45, 2.75) is 23.6 Å². The molecule has 0 atom stereocenters. The summed E-state index contributed by atoms with van der Waals surface area (Å²) in [5, 5.41) is 2.69. The van der Waals surface area contributed by atoms with Crippen LogP contribution in [0.15, 0.2) is 52.3 Å². The van der Waals surface area contributed by atoms with Gasteiger partial charge in [0.25, 0.3) is 5.91 Å². The standard InChI is InChI=1S/C23H32N4O6S2/c1-5-26(6-2)35(31,32)22-17-18(7-12-21(22)33-4)23(28)24-19-8-10-20(11-9-19)34(29,30)27-15-13-25(3)14-16-27/h7-12,17H,5-6,13-16H2,1-4H3,(H,24,28). The van der Waals surface area contributed by atoms with Crippen molar-refractivity contribution < 1.29 is 26.4 Å². The Kier molecular flexibility index (Phi) is 8.54. The molecule has 1 aliphatic heterocycles. The number of likely N-dealkylation sites (N-methyl/N-ethyl adjacent to an activating group) is 1. The summed E-state index contributed by atoms with van der Waals surface area (Å²) < 4.78 is 59.8. The van der Waals surface area contributed by atoms with Crippen molar-refractivity contribution in [3.05, 3.63) is 48.0 Å². The van der Waals surface area contributed by atoms with Gasteiger partial charge in [0.2, 0.25) is 20.0 Å². The number of nitrogens with zero attached hydrogens (tertiary/aromatic N) is 3. The topological polar surface area (TPSA) is 116 Å². The summed E-state index contributed by atoms with van der Waals surface area (Å²) in [7, 11) is -4.15. The van der Waals surface area contributed by atoms with Crippen molar-refractivity contribution in [1.82, 2.24) is 13.5 Å². The highest BCUT2D eigenvalue weighted by atomic mass is 32.2.